The second-order valence-corrected chi connectivity index (χ2v) is 6.01. The number of carbonyl (C=O) groups excluding carboxylic acids is 2. The number of nitrogens with zero attached hydrogens (tertiary/aromatic N) is 3. The highest BCUT2D eigenvalue weighted by Gasteiger charge is 2.56. The molecule has 2 bridgehead atoms. The highest BCUT2D eigenvalue weighted by molar-refractivity contribution is 6.06. The Labute approximate surface area is 130 Å². The summed E-state index contributed by atoms with van der Waals surface area (Å²) in [4.78, 5) is 34.9. The van der Waals surface area contributed by atoms with Crippen LogP contribution in [-0.4, -0.2) is 28.0 Å². The summed E-state index contributed by atoms with van der Waals surface area (Å²) in [5, 5.41) is 15.4. The van der Waals surface area contributed by atoms with Gasteiger partial charge in [0.2, 0.25) is 0 Å². The Bertz CT molecular complexity index is 733. The Morgan fingerprint density at radius 2 is 1.78 bits per heavy atom. The molecule has 2 amide bonds. The van der Waals surface area contributed by atoms with Gasteiger partial charge in [0.05, 0.1) is 24.1 Å². The summed E-state index contributed by atoms with van der Waals surface area (Å²) in [6.07, 6.45) is 7.06. The number of hydrogen-bond acceptors (Lipinski definition) is 6. The normalized spacial score (nSPS) is 32.1. The first-order chi connectivity index (χ1) is 11.1. The van der Waals surface area contributed by atoms with Crippen molar-refractivity contribution in [3.63, 3.8) is 0 Å². The maximum atomic E-state index is 12.5. The van der Waals surface area contributed by atoms with Crippen LogP contribution in [-0.2, 0) is 9.59 Å². The fourth-order valence-corrected chi connectivity index (χ4v) is 3.80. The lowest BCUT2D eigenvalue weighted by atomic mass is 9.63. The molecular weight excluding hydrogens is 302 g/mol. The van der Waals surface area contributed by atoms with E-state index in [-0.39, 0.29) is 41.2 Å². The van der Waals surface area contributed by atoms with Gasteiger partial charge in [-0.3, -0.25) is 19.7 Å². The summed E-state index contributed by atoms with van der Waals surface area (Å²) in [7, 11) is 0. The van der Waals surface area contributed by atoms with Crippen molar-refractivity contribution >= 4 is 23.9 Å². The molecule has 2 heterocycles. The maximum Gasteiger partial charge on any atom is 0.433 e. The van der Waals surface area contributed by atoms with Crippen LogP contribution in [0, 0.1) is 33.8 Å². The largest absolute Gasteiger partial charge is 0.433 e. The van der Waals surface area contributed by atoms with Gasteiger partial charge in [-0.1, -0.05) is 12.2 Å². The van der Waals surface area contributed by atoms with Crippen molar-refractivity contribution in [2.24, 2.45) is 28.8 Å². The van der Waals surface area contributed by atoms with Crippen LogP contribution in [0.2, 0.25) is 0 Å². The molecule has 0 radical (unpaired) electrons. The van der Waals surface area contributed by atoms with Gasteiger partial charge in [0, 0.05) is 0 Å². The summed E-state index contributed by atoms with van der Waals surface area (Å²) < 4.78 is 4.94. The van der Waals surface area contributed by atoms with Crippen LogP contribution >= 0.6 is 0 Å². The van der Waals surface area contributed by atoms with Crippen LogP contribution in [0.1, 0.15) is 18.6 Å². The van der Waals surface area contributed by atoms with Crippen molar-refractivity contribution in [1.82, 2.24) is 5.01 Å². The van der Waals surface area contributed by atoms with Crippen LogP contribution in [0.4, 0.5) is 5.88 Å². The molecule has 0 aromatic carbocycles. The highest BCUT2D eigenvalue weighted by atomic mass is 16.6. The fraction of sp³-hybridized carbons (Fsp3) is 0.400. The molecule has 1 aromatic heterocycles. The molecule has 23 heavy (non-hydrogen) atoms. The zero-order chi connectivity index (χ0) is 16.1. The molecule has 5 rings (SSSR count). The third-order valence-corrected chi connectivity index (χ3v) is 4.83. The number of nitro groups is 1. The van der Waals surface area contributed by atoms with Gasteiger partial charge >= 0.3 is 5.88 Å². The Balaban J connectivity index is 1.58. The summed E-state index contributed by atoms with van der Waals surface area (Å²) in [6, 6.07) is 2.56. The molecule has 1 saturated heterocycles. The van der Waals surface area contributed by atoms with Crippen LogP contribution in [0.15, 0.2) is 33.8 Å². The average molecular weight is 315 g/mol. The van der Waals surface area contributed by atoms with Crippen LogP contribution in [0.3, 0.4) is 0 Å². The Morgan fingerprint density at radius 1 is 1.17 bits per heavy atom. The van der Waals surface area contributed by atoms with Gasteiger partial charge in [-0.05, 0) is 30.7 Å². The number of allylic oxidation sites excluding steroid dienone is 2. The fourth-order valence-electron chi connectivity index (χ4n) is 3.80. The molecular formula is C15H13N3O5. The van der Waals surface area contributed by atoms with E-state index in [4.69, 9.17) is 4.42 Å². The third-order valence-electron chi connectivity index (χ3n) is 4.83. The molecule has 4 unspecified atom stereocenters. The van der Waals surface area contributed by atoms with Crippen molar-refractivity contribution in [2.45, 2.75) is 12.8 Å². The first-order valence-electron chi connectivity index (χ1n) is 7.40. The predicted molar refractivity (Wildman–Crippen MR) is 77.1 cm³/mol. The minimum absolute atomic E-state index is 0.103. The maximum absolute atomic E-state index is 12.5. The van der Waals surface area contributed by atoms with E-state index in [9.17, 15) is 19.7 Å². The van der Waals surface area contributed by atoms with Crippen molar-refractivity contribution in [1.29, 1.82) is 0 Å². The number of furan rings is 1. The molecule has 1 saturated carbocycles. The van der Waals surface area contributed by atoms with E-state index in [1.165, 1.54) is 12.1 Å². The molecule has 3 aliphatic carbocycles. The molecule has 1 aliphatic heterocycles. The minimum Gasteiger partial charge on any atom is -0.400 e. The monoisotopic (exact) mass is 315 g/mol. The zero-order valence-corrected chi connectivity index (χ0v) is 12.0. The predicted octanol–water partition coefficient (Wildman–Crippen LogP) is 1.72. The van der Waals surface area contributed by atoms with Gasteiger partial charge in [-0.15, -0.1) is 0 Å². The van der Waals surface area contributed by atoms with E-state index in [2.05, 4.69) is 5.10 Å². The van der Waals surface area contributed by atoms with Gasteiger partial charge < -0.3 is 4.42 Å². The van der Waals surface area contributed by atoms with Crippen molar-refractivity contribution in [3.8, 4) is 0 Å². The van der Waals surface area contributed by atoms with E-state index >= 15 is 0 Å². The molecule has 4 aliphatic rings. The number of imide groups is 1. The number of carbonyl (C=O) groups is 2. The second-order valence-electron chi connectivity index (χ2n) is 6.01. The van der Waals surface area contributed by atoms with Crippen molar-refractivity contribution < 1.29 is 18.9 Å². The van der Waals surface area contributed by atoms with Gasteiger partial charge in [0.25, 0.3) is 11.8 Å². The van der Waals surface area contributed by atoms with Gasteiger partial charge in [-0.2, -0.15) is 10.1 Å². The smallest absolute Gasteiger partial charge is 0.400 e. The van der Waals surface area contributed by atoms with E-state index in [0.717, 1.165) is 24.1 Å². The molecule has 0 N–H and O–H groups in total. The minimum atomic E-state index is -0.665. The van der Waals surface area contributed by atoms with E-state index < -0.39 is 10.8 Å². The number of hydrazone groups is 1. The lowest BCUT2D eigenvalue weighted by Gasteiger charge is -2.37. The molecule has 1 aromatic rings. The van der Waals surface area contributed by atoms with Gasteiger partial charge in [-0.25, -0.2) is 0 Å². The molecule has 2 fully saturated rings. The Kier molecular flexibility index (Phi) is 2.93. The number of amides is 2. The van der Waals surface area contributed by atoms with E-state index in [0.29, 0.717) is 0 Å². The molecule has 118 valence electrons. The van der Waals surface area contributed by atoms with Crippen LogP contribution < -0.4 is 0 Å². The molecule has 4 atom stereocenters. The number of fused-ring (bicyclic) bond motifs is 1. The lowest BCUT2D eigenvalue weighted by Crippen LogP contribution is -2.38. The summed E-state index contributed by atoms with van der Waals surface area (Å²) in [6.45, 7) is 0. The van der Waals surface area contributed by atoms with Crippen molar-refractivity contribution in [2.75, 3.05) is 0 Å². The first kappa shape index (κ1) is 13.9. The van der Waals surface area contributed by atoms with Crippen LogP contribution in [0.25, 0.3) is 0 Å². The SMILES string of the molecule is O=C1C2C3C=CC(CC3)C2C(=O)N1/N=C/c1ccc([N+](=O)[O-])o1. The van der Waals surface area contributed by atoms with E-state index in [1.54, 1.807) is 0 Å². The van der Waals surface area contributed by atoms with E-state index in [1.807, 2.05) is 12.2 Å². The molecule has 8 nitrogen and oxygen atoms in total. The number of rotatable bonds is 3. The zero-order valence-electron chi connectivity index (χ0n) is 12.0. The Hall–Kier alpha value is -2.77. The third kappa shape index (κ3) is 2.01. The van der Waals surface area contributed by atoms with Crippen molar-refractivity contribution in [3.05, 3.63) is 40.2 Å². The standard InChI is InChI=1S/C15H13N3O5/c19-14-12-8-1-2-9(4-3-8)13(12)15(20)17(14)16-7-10-5-6-11(23-10)18(21)22/h1-2,5-9,12-13H,3-4H2/b16-7+. The highest BCUT2D eigenvalue weighted by Crippen LogP contribution is 2.49. The quantitative estimate of drug-likeness (QED) is 0.277. The Morgan fingerprint density at radius 3 is 2.26 bits per heavy atom. The number of hydrogen-bond donors (Lipinski definition) is 0. The molecule has 0 spiro atoms. The first-order valence-corrected chi connectivity index (χ1v) is 7.40. The average Bonchev–Trinajstić information content (AvgIpc) is 3.13. The topological polar surface area (TPSA) is 106 Å². The van der Waals surface area contributed by atoms with Gasteiger partial charge in [0.1, 0.15) is 4.92 Å². The molecule has 8 heteroatoms. The summed E-state index contributed by atoms with van der Waals surface area (Å²) in [5.41, 5.74) is 0. The summed E-state index contributed by atoms with van der Waals surface area (Å²) >= 11 is 0. The van der Waals surface area contributed by atoms with Crippen LogP contribution in [0.5, 0.6) is 0 Å². The van der Waals surface area contributed by atoms with Gasteiger partial charge in [0.15, 0.2) is 5.76 Å². The second kappa shape index (κ2) is 4.87. The lowest BCUT2D eigenvalue weighted by molar-refractivity contribution is -0.402. The summed E-state index contributed by atoms with van der Waals surface area (Å²) in [5.74, 6) is -1.33.